The van der Waals surface area contributed by atoms with Crippen LogP contribution in [0.3, 0.4) is 0 Å². The zero-order valence-corrected chi connectivity index (χ0v) is 16.0. The van der Waals surface area contributed by atoms with Crippen LogP contribution in [0, 0.1) is 6.92 Å². The quantitative estimate of drug-likeness (QED) is 0.427. The minimum Gasteiger partial charge on any atom is -0.406 e. The number of carbonyl (C=O) groups is 1. The molecule has 0 radical (unpaired) electrons. The average molecular weight is 429 g/mol. The molecular formula is C20H14F3N5O3. The highest BCUT2D eigenvalue weighted by molar-refractivity contribution is 5.71. The lowest BCUT2D eigenvalue weighted by atomic mass is 10.2. The summed E-state index contributed by atoms with van der Waals surface area (Å²) in [6, 6.07) is 10.3. The van der Waals surface area contributed by atoms with Crippen LogP contribution in [-0.4, -0.2) is 37.6 Å². The normalized spacial score (nSPS) is 11.5. The Morgan fingerprint density at radius 3 is 2.58 bits per heavy atom. The fourth-order valence-electron chi connectivity index (χ4n) is 2.80. The van der Waals surface area contributed by atoms with E-state index >= 15 is 0 Å². The lowest BCUT2D eigenvalue weighted by Gasteiger charge is -2.08. The Bertz CT molecular complexity index is 1200. The van der Waals surface area contributed by atoms with Crippen molar-refractivity contribution in [3.63, 3.8) is 0 Å². The molecule has 0 aliphatic rings. The maximum absolute atomic E-state index is 12.3. The third-order valence-corrected chi connectivity index (χ3v) is 4.27. The standard InChI is InChI=1S/C20H14F3N5O3/c1-12-8-17(26-28(12)10-13-2-5-15(11-29)24-9-13)19-25-18(27-31-19)14-3-6-16(7-4-14)30-20(21,22)23/h2-9,11H,10H2,1H3. The number of rotatable bonds is 6. The number of ether oxygens (including phenoxy) is 1. The van der Waals surface area contributed by atoms with Crippen LogP contribution in [0.15, 0.2) is 53.2 Å². The molecule has 3 heterocycles. The molecule has 0 bridgehead atoms. The average Bonchev–Trinajstić information content (AvgIpc) is 3.35. The number of carbonyl (C=O) groups excluding carboxylic acids is 1. The van der Waals surface area contributed by atoms with Gasteiger partial charge in [0.05, 0.1) is 6.54 Å². The van der Waals surface area contributed by atoms with Crippen molar-refractivity contribution in [1.82, 2.24) is 24.9 Å². The lowest BCUT2D eigenvalue weighted by molar-refractivity contribution is -0.274. The van der Waals surface area contributed by atoms with Crippen LogP contribution in [0.1, 0.15) is 21.7 Å². The maximum atomic E-state index is 12.3. The highest BCUT2D eigenvalue weighted by Crippen LogP contribution is 2.27. The summed E-state index contributed by atoms with van der Waals surface area (Å²) >= 11 is 0. The molecule has 3 aromatic heterocycles. The molecule has 0 unspecified atom stereocenters. The van der Waals surface area contributed by atoms with Crippen molar-refractivity contribution < 1.29 is 27.2 Å². The van der Waals surface area contributed by atoms with E-state index in [0.29, 0.717) is 29.8 Å². The Balaban J connectivity index is 1.51. The molecular weight excluding hydrogens is 415 g/mol. The van der Waals surface area contributed by atoms with Crippen molar-refractivity contribution in [2.24, 2.45) is 0 Å². The predicted octanol–water partition coefficient (Wildman–Crippen LogP) is 4.06. The maximum Gasteiger partial charge on any atom is 0.573 e. The van der Waals surface area contributed by atoms with E-state index in [1.54, 1.807) is 29.1 Å². The van der Waals surface area contributed by atoms with Crippen LogP contribution in [0.2, 0.25) is 0 Å². The summed E-state index contributed by atoms with van der Waals surface area (Å²) in [6.07, 6.45) is -2.49. The van der Waals surface area contributed by atoms with Gasteiger partial charge in [0.25, 0.3) is 5.89 Å². The first-order valence-corrected chi connectivity index (χ1v) is 8.95. The number of nitrogens with zero attached hydrogens (tertiary/aromatic N) is 5. The molecule has 8 nitrogen and oxygen atoms in total. The molecule has 158 valence electrons. The van der Waals surface area contributed by atoms with Gasteiger partial charge in [0.15, 0.2) is 12.0 Å². The van der Waals surface area contributed by atoms with Crippen molar-refractivity contribution in [3.8, 4) is 28.7 Å². The van der Waals surface area contributed by atoms with Crippen LogP contribution in [0.5, 0.6) is 5.75 Å². The molecule has 0 amide bonds. The topological polar surface area (TPSA) is 95.9 Å². The SMILES string of the molecule is Cc1cc(-c2nc(-c3ccc(OC(F)(F)F)cc3)no2)nn1Cc1ccc(C=O)nc1. The number of benzene rings is 1. The second kappa shape index (κ2) is 8.01. The van der Waals surface area contributed by atoms with Crippen LogP contribution in [-0.2, 0) is 6.54 Å². The molecule has 0 aliphatic heterocycles. The van der Waals surface area contributed by atoms with Gasteiger partial charge in [-0.05, 0) is 48.9 Å². The number of aromatic nitrogens is 5. The molecule has 11 heteroatoms. The van der Waals surface area contributed by atoms with E-state index < -0.39 is 6.36 Å². The molecule has 0 saturated heterocycles. The van der Waals surface area contributed by atoms with E-state index in [9.17, 15) is 18.0 Å². The van der Waals surface area contributed by atoms with Crippen LogP contribution in [0.4, 0.5) is 13.2 Å². The van der Waals surface area contributed by atoms with E-state index in [1.807, 2.05) is 6.92 Å². The second-order valence-corrected chi connectivity index (χ2v) is 6.53. The molecule has 0 saturated carbocycles. The van der Waals surface area contributed by atoms with Gasteiger partial charge in [-0.2, -0.15) is 10.1 Å². The van der Waals surface area contributed by atoms with E-state index in [-0.39, 0.29) is 17.5 Å². The predicted molar refractivity (Wildman–Crippen MR) is 101 cm³/mol. The molecule has 0 fully saturated rings. The molecule has 31 heavy (non-hydrogen) atoms. The minimum absolute atomic E-state index is 0.168. The molecule has 4 rings (SSSR count). The van der Waals surface area contributed by atoms with Crippen LogP contribution >= 0.6 is 0 Å². The van der Waals surface area contributed by atoms with Crippen LogP contribution < -0.4 is 4.74 Å². The summed E-state index contributed by atoms with van der Waals surface area (Å²) in [5.41, 5.74) is 2.95. The molecule has 0 aliphatic carbocycles. The number of pyridine rings is 1. The van der Waals surface area contributed by atoms with Gasteiger partial charge in [0.2, 0.25) is 5.82 Å². The van der Waals surface area contributed by atoms with Gasteiger partial charge in [0, 0.05) is 17.5 Å². The van der Waals surface area contributed by atoms with Gasteiger partial charge in [-0.1, -0.05) is 11.2 Å². The summed E-state index contributed by atoms with van der Waals surface area (Å²) in [5, 5.41) is 8.33. The number of aldehydes is 1. The van der Waals surface area contributed by atoms with E-state index in [2.05, 4.69) is 25.0 Å². The van der Waals surface area contributed by atoms with Gasteiger partial charge in [-0.25, -0.2) is 0 Å². The van der Waals surface area contributed by atoms with Gasteiger partial charge >= 0.3 is 6.36 Å². The number of hydrogen-bond donors (Lipinski definition) is 0. The summed E-state index contributed by atoms with van der Waals surface area (Å²) in [7, 11) is 0. The number of halogens is 3. The number of hydrogen-bond acceptors (Lipinski definition) is 7. The molecule has 4 aromatic rings. The van der Waals surface area contributed by atoms with Crippen molar-refractivity contribution in [1.29, 1.82) is 0 Å². The fraction of sp³-hybridized carbons (Fsp3) is 0.150. The zero-order chi connectivity index (χ0) is 22.0. The fourth-order valence-corrected chi connectivity index (χ4v) is 2.80. The van der Waals surface area contributed by atoms with Crippen molar-refractivity contribution >= 4 is 6.29 Å². The number of aryl methyl sites for hydroxylation is 1. The monoisotopic (exact) mass is 429 g/mol. The summed E-state index contributed by atoms with van der Waals surface area (Å²) in [6.45, 7) is 2.29. The Hall–Kier alpha value is -4.02. The molecule has 0 N–H and O–H groups in total. The summed E-state index contributed by atoms with van der Waals surface area (Å²) in [4.78, 5) is 19.0. The number of alkyl halides is 3. The van der Waals surface area contributed by atoms with Gasteiger partial charge in [-0.15, -0.1) is 13.2 Å². The lowest BCUT2D eigenvalue weighted by Crippen LogP contribution is -2.16. The van der Waals surface area contributed by atoms with Crippen molar-refractivity contribution in [2.45, 2.75) is 19.8 Å². The van der Waals surface area contributed by atoms with Gasteiger partial charge in [-0.3, -0.25) is 14.5 Å². The largest absolute Gasteiger partial charge is 0.573 e. The highest BCUT2D eigenvalue weighted by atomic mass is 19.4. The molecule has 0 atom stereocenters. The summed E-state index contributed by atoms with van der Waals surface area (Å²) < 4.78 is 47.7. The third kappa shape index (κ3) is 4.77. The molecule has 1 aromatic carbocycles. The minimum atomic E-state index is -4.76. The van der Waals surface area contributed by atoms with E-state index in [0.717, 1.165) is 11.3 Å². The Morgan fingerprint density at radius 2 is 1.94 bits per heavy atom. The highest BCUT2D eigenvalue weighted by Gasteiger charge is 2.31. The first-order valence-electron chi connectivity index (χ1n) is 8.95. The second-order valence-electron chi connectivity index (χ2n) is 6.53. The van der Waals surface area contributed by atoms with Crippen LogP contribution in [0.25, 0.3) is 23.0 Å². The zero-order valence-electron chi connectivity index (χ0n) is 16.0. The molecule has 0 spiro atoms. The first kappa shape index (κ1) is 20.3. The van der Waals surface area contributed by atoms with Gasteiger partial charge < -0.3 is 9.26 Å². The van der Waals surface area contributed by atoms with Crippen molar-refractivity contribution in [3.05, 3.63) is 65.6 Å². The Labute approximate surface area is 173 Å². The smallest absolute Gasteiger partial charge is 0.406 e. The van der Waals surface area contributed by atoms with Gasteiger partial charge in [0.1, 0.15) is 11.4 Å². The Morgan fingerprint density at radius 1 is 1.16 bits per heavy atom. The first-order chi connectivity index (χ1) is 14.8. The third-order valence-electron chi connectivity index (χ3n) is 4.27. The van der Waals surface area contributed by atoms with E-state index in [1.165, 1.54) is 24.3 Å². The van der Waals surface area contributed by atoms with E-state index in [4.69, 9.17) is 4.52 Å². The summed E-state index contributed by atoms with van der Waals surface area (Å²) in [5.74, 6) is 0.0290. The Kier molecular flexibility index (Phi) is 5.24. The van der Waals surface area contributed by atoms with Crippen molar-refractivity contribution in [2.75, 3.05) is 0 Å².